The van der Waals surface area contributed by atoms with Crippen LogP contribution >= 0.6 is 0 Å². The monoisotopic (exact) mass is 277 g/mol. The lowest BCUT2D eigenvalue weighted by atomic mass is 9.78. The summed E-state index contributed by atoms with van der Waals surface area (Å²) in [6.45, 7) is 4.63. The molecule has 20 heavy (non-hydrogen) atoms. The van der Waals surface area contributed by atoms with E-state index in [0.29, 0.717) is 23.6 Å². The van der Waals surface area contributed by atoms with Crippen molar-refractivity contribution in [2.75, 3.05) is 17.6 Å². The minimum absolute atomic E-state index is 0.0259. The van der Waals surface area contributed by atoms with E-state index in [9.17, 15) is 4.79 Å². The summed E-state index contributed by atoms with van der Waals surface area (Å²) in [4.78, 5) is 20.0. The Morgan fingerprint density at radius 1 is 1.45 bits per heavy atom. The molecule has 0 aliphatic heterocycles. The van der Waals surface area contributed by atoms with Gasteiger partial charge >= 0.3 is 0 Å². The summed E-state index contributed by atoms with van der Waals surface area (Å²) in [6.07, 6.45) is 5.06. The second kappa shape index (κ2) is 6.54. The van der Waals surface area contributed by atoms with Gasteiger partial charge in [0.1, 0.15) is 5.82 Å². The second-order valence-electron chi connectivity index (χ2n) is 5.60. The molecule has 1 aromatic rings. The number of nitrogens with zero attached hydrogens (tertiary/aromatic N) is 2. The zero-order valence-electron chi connectivity index (χ0n) is 12.1. The Kier molecular flexibility index (Phi) is 4.76. The van der Waals surface area contributed by atoms with Gasteiger partial charge in [0.2, 0.25) is 11.9 Å². The van der Waals surface area contributed by atoms with E-state index in [2.05, 4.69) is 34.4 Å². The Morgan fingerprint density at radius 3 is 3.00 bits per heavy atom. The number of hydrogen-bond donors (Lipinski definition) is 3. The zero-order chi connectivity index (χ0) is 14.5. The van der Waals surface area contributed by atoms with E-state index in [1.807, 2.05) is 0 Å². The molecule has 1 fully saturated rings. The van der Waals surface area contributed by atoms with Gasteiger partial charge in [0, 0.05) is 12.2 Å². The van der Waals surface area contributed by atoms with Gasteiger partial charge in [-0.1, -0.05) is 26.7 Å². The smallest absolute Gasteiger partial charge is 0.239 e. The third kappa shape index (κ3) is 3.82. The maximum Gasteiger partial charge on any atom is 0.239 e. The summed E-state index contributed by atoms with van der Waals surface area (Å²) < 4.78 is 0. The van der Waals surface area contributed by atoms with E-state index in [1.165, 1.54) is 12.8 Å². The highest BCUT2D eigenvalue weighted by Gasteiger charge is 2.27. The van der Waals surface area contributed by atoms with Crippen LogP contribution in [0.25, 0.3) is 0 Å². The molecule has 0 spiro atoms. The molecule has 1 heterocycles. The third-order valence-electron chi connectivity index (χ3n) is 4.14. The molecule has 6 heteroatoms. The van der Waals surface area contributed by atoms with Gasteiger partial charge in [0.25, 0.3) is 0 Å². The Labute approximate surface area is 119 Å². The van der Waals surface area contributed by atoms with Gasteiger partial charge in [-0.15, -0.1) is 0 Å². The average Bonchev–Trinajstić information content (AvgIpc) is 2.42. The second-order valence-corrected chi connectivity index (χ2v) is 5.60. The number of rotatable bonds is 4. The number of carbonyl (C=O) groups excluding carboxylic acids is 1. The van der Waals surface area contributed by atoms with Gasteiger partial charge in [-0.05, 0) is 24.3 Å². The summed E-state index contributed by atoms with van der Waals surface area (Å²) in [5, 5.41) is 5.98. The Morgan fingerprint density at radius 2 is 2.25 bits per heavy atom. The van der Waals surface area contributed by atoms with Crippen molar-refractivity contribution in [3.05, 3.63) is 12.3 Å². The Hall–Kier alpha value is -1.85. The van der Waals surface area contributed by atoms with E-state index in [4.69, 9.17) is 5.73 Å². The number of nitrogen functional groups attached to an aromatic ring is 1. The molecule has 3 atom stereocenters. The SMILES string of the molecule is CC1CCCC(NC(=O)CNc2nccc(N)n2)C1C. The first-order chi connectivity index (χ1) is 9.56. The minimum atomic E-state index is -0.0259. The number of amides is 1. The quantitative estimate of drug-likeness (QED) is 0.774. The molecule has 0 bridgehead atoms. The van der Waals surface area contributed by atoms with Gasteiger partial charge in [0.15, 0.2) is 0 Å². The highest BCUT2D eigenvalue weighted by atomic mass is 16.2. The lowest BCUT2D eigenvalue weighted by Crippen LogP contribution is -2.45. The number of nitrogens with one attached hydrogen (secondary N) is 2. The number of anilines is 2. The molecule has 0 aromatic carbocycles. The highest BCUT2D eigenvalue weighted by Crippen LogP contribution is 2.29. The molecule has 6 nitrogen and oxygen atoms in total. The number of carbonyl (C=O) groups is 1. The average molecular weight is 277 g/mol. The summed E-state index contributed by atoms with van der Waals surface area (Å²) in [5.74, 6) is 1.93. The fraction of sp³-hybridized carbons (Fsp3) is 0.643. The van der Waals surface area contributed by atoms with E-state index in [-0.39, 0.29) is 18.5 Å². The standard InChI is InChI=1S/C14H23N5O/c1-9-4-3-5-11(10(9)2)18-13(20)8-17-14-16-7-6-12(15)19-14/h6-7,9-11H,3-5,8H2,1-2H3,(H,18,20)(H3,15,16,17,19). The van der Waals surface area contributed by atoms with E-state index in [1.54, 1.807) is 12.3 Å². The van der Waals surface area contributed by atoms with Crippen LogP contribution in [0.1, 0.15) is 33.1 Å². The first kappa shape index (κ1) is 14.6. The maximum atomic E-state index is 12.0. The molecule has 1 aliphatic carbocycles. The summed E-state index contributed by atoms with van der Waals surface area (Å²) in [5.41, 5.74) is 5.56. The summed E-state index contributed by atoms with van der Waals surface area (Å²) in [6, 6.07) is 1.88. The first-order valence-electron chi connectivity index (χ1n) is 7.18. The van der Waals surface area contributed by atoms with E-state index >= 15 is 0 Å². The van der Waals surface area contributed by atoms with E-state index < -0.39 is 0 Å². The van der Waals surface area contributed by atoms with Gasteiger partial charge in [-0.25, -0.2) is 4.98 Å². The largest absolute Gasteiger partial charge is 0.384 e. The van der Waals surface area contributed by atoms with Crippen molar-refractivity contribution in [1.29, 1.82) is 0 Å². The molecular weight excluding hydrogens is 254 g/mol. The summed E-state index contributed by atoms with van der Waals surface area (Å²) in [7, 11) is 0. The first-order valence-corrected chi connectivity index (χ1v) is 7.18. The molecule has 3 unspecified atom stereocenters. The van der Waals surface area contributed by atoms with Crippen LogP contribution in [0.2, 0.25) is 0 Å². The van der Waals surface area contributed by atoms with Gasteiger partial charge in [-0.3, -0.25) is 4.79 Å². The number of aromatic nitrogens is 2. The predicted octanol–water partition coefficient (Wildman–Crippen LogP) is 1.41. The van der Waals surface area contributed by atoms with Gasteiger partial charge in [-0.2, -0.15) is 4.98 Å². The molecule has 2 rings (SSSR count). The van der Waals surface area contributed by atoms with Gasteiger partial charge < -0.3 is 16.4 Å². The molecule has 1 amide bonds. The zero-order valence-corrected chi connectivity index (χ0v) is 12.1. The van der Waals surface area contributed by atoms with Crippen LogP contribution in [-0.2, 0) is 4.79 Å². The fourth-order valence-corrected chi connectivity index (χ4v) is 2.66. The normalized spacial score (nSPS) is 26.0. The van der Waals surface area contributed by atoms with Crippen LogP contribution in [0, 0.1) is 11.8 Å². The van der Waals surface area contributed by atoms with Crippen LogP contribution in [0.3, 0.4) is 0 Å². The molecule has 0 saturated heterocycles. The topological polar surface area (TPSA) is 92.9 Å². The Balaban J connectivity index is 1.80. The molecule has 110 valence electrons. The van der Waals surface area contributed by atoms with Crippen LogP contribution in [0.5, 0.6) is 0 Å². The number of hydrogen-bond acceptors (Lipinski definition) is 5. The minimum Gasteiger partial charge on any atom is -0.384 e. The van der Waals surface area contributed by atoms with Crippen LogP contribution in [-0.4, -0.2) is 28.5 Å². The lowest BCUT2D eigenvalue weighted by molar-refractivity contribution is -0.120. The van der Waals surface area contributed by atoms with E-state index in [0.717, 1.165) is 6.42 Å². The van der Waals surface area contributed by atoms with Crippen molar-refractivity contribution in [3.63, 3.8) is 0 Å². The molecule has 1 aromatic heterocycles. The predicted molar refractivity (Wildman–Crippen MR) is 79.0 cm³/mol. The highest BCUT2D eigenvalue weighted by molar-refractivity contribution is 5.80. The molecular formula is C14H23N5O. The van der Waals surface area contributed by atoms with Crippen molar-refractivity contribution in [3.8, 4) is 0 Å². The van der Waals surface area contributed by atoms with Crippen molar-refractivity contribution in [1.82, 2.24) is 15.3 Å². The van der Waals surface area contributed by atoms with Crippen molar-refractivity contribution in [2.45, 2.75) is 39.2 Å². The third-order valence-corrected chi connectivity index (χ3v) is 4.14. The molecule has 4 N–H and O–H groups in total. The van der Waals surface area contributed by atoms with Crippen molar-refractivity contribution < 1.29 is 4.79 Å². The van der Waals surface area contributed by atoms with Crippen LogP contribution in [0.15, 0.2) is 12.3 Å². The molecule has 0 radical (unpaired) electrons. The number of nitrogens with two attached hydrogens (primary N) is 1. The van der Waals surface area contributed by atoms with Crippen molar-refractivity contribution >= 4 is 17.7 Å². The van der Waals surface area contributed by atoms with Crippen LogP contribution < -0.4 is 16.4 Å². The van der Waals surface area contributed by atoms with Gasteiger partial charge in [0.05, 0.1) is 6.54 Å². The van der Waals surface area contributed by atoms with Crippen molar-refractivity contribution in [2.24, 2.45) is 11.8 Å². The van der Waals surface area contributed by atoms with Crippen LogP contribution in [0.4, 0.5) is 11.8 Å². The molecule has 1 saturated carbocycles. The summed E-state index contributed by atoms with van der Waals surface area (Å²) >= 11 is 0. The fourth-order valence-electron chi connectivity index (χ4n) is 2.66. The maximum absolute atomic E-state index is 12.0. The lowest BCUT2D eigenvalue weighted by Gasteiger charge is -2.34. The molecule has 1 aliphatic rings. The Bertz CT molecular complexity index is 465.